The molecule has 4 heteroatoms. The summed E-state index contributed by atoms with van der Waals surface area (Å²) in [6.07, 6.45) is 5.35. The number of likely N-dealkylation sites (tertiary alicyclic amines) is 1. The Labute approximate surface area is 106 Å². The molecule has 0 saturated carbocycles. The van der Waals surface area contributed by atoms with Gasteiger partial charge in [0.2, 0.25) is 5.91 Å². The number of rotatable bonds is 3. The summed E-state index contributed by atoms with van der Waals surface area (Å²) in [7, 11) is 0. The van der Waals surface area contributed by atoms with Gasteiger partial charge in [0, 0.05) is 25.0 Å². The lowest BCUT2D eigenvalue weighted by Crippen LogP contribution is -2.41. The largest absolute Gasteiger partial charge is 0.378 e. The van der Waals surface area contributed by atoms with E-state index in [1.165, 1.54) is 6.42 Å². The van der Waals surface area contributed by atoms with Crippen LogP contribution in [0.25, 0.3) is 0 Å². The molecule has 16 heavy (non-hydrogen) atoms. The first-order chi connectivity index (χ1) is 7.79. The molecular weight excluding hydrogens is 270 g/mol. The molecular formula is C12H20BrNO2. The fraction of sp³-hybridized carbons (Fsp3) is 0.917. The molecule has 2 fully saturated rings. The van der Waals surface area contributed by atoms with Gasteiger partial charge in [-0.2, -0.15) is 0 Å². The molecule has 0 aromatic heterocycles. The number of amides is 1. The van der Waals surface area contributed by atoms with Crippen molar-refractivity contribution in [3.8, 4) is 0 Å². The summed E-state index contributed by atoms with van der Waals surface area (Å²) in [4.78, 5) is 14.1. The maximum Gasteiger partial charge on any atom is 0.225 e. The Morgan fingerprint density at radius 1 is 1.38 bits per heavy atom. The molecule has 1 amide bonds. The molecule has 0 N–H and O–H groups in total. The highest BCUT2D eigenvalue weighted by Crippen LogP contribution is 2.21. The van der Waals surface area contributed by atoms with E-state index in [1.807, 2.05) is 4.90 Å². The molecule has 2 saturated heterocycles. The topological polar surface area (TPSA) is 29.5 Å². The fourth-order valence-electron chi connectivity index (χ4n) is 2.55. The summed E-state index contributed by atoms with van der Waals surface area (Å²) in [6, 6.07) is 0. The zero-order valence-electron chi connectivity index (χ0n) is 9.66. The van der Waals surface area contributed by atoms with Crippen LogP contribution in [-0.2, 0) is 9.53 Å². The zero-order valence-corrected chi connectivity index (χ0v) is 11.2. The highest BCUT2D eigenvalue weighted by molar-refractivity contribution is 9.09. The van der Waals surface area contributed by atoms with Crippen LogP contribution in [0.3, 0.4) is 0 Å². The number of halogens is 1. The van der Waals surface area contributed by atoms with Crippen molar-refractivity contribution in [2.24, 2.45) is 5.92 Å². The van der Waals surface area contributed by atoms with E-state index in [0.29, 0.717) is 12.3 Å². The number of hydrogen-bond acceptors (Lipinski definition) is 2. The number of carbonyl (C=O) groups is 1. The van der Waals surface area contributed by atoms with Gasteiger partial charge in [0.25, 0.3) is 0 Å². The van der Waals surface area contributed by atoms with E-state index in [-0.39, 0.29) is 12.0 Å². The lowest BCUT2D eigenvalue weighted by molar-refractivity contribution is -0.135. The first-order valence-electron chi connectivity index (χ1n) is 6.25. The number of ether oxygens (including phenoxy) is 1. The van der Waals surface area contributed by atoms with Gasteiger partial charge in [-0.05, 0) is 31.6 Å². The third kappa shape index (κ3) is 3.20. The van der Waals surface area contributed by atoms with Crippen LogP contribution in [0, 0.1) is 5.92 Å². The molecule has 0 aromatic rings. The van der Waals surface area contributed by atoms with Gasteiger partial charge in [0.15, 0.2) is 0 Å². The van der Waals surface area contributed by atoms with Crippen LogP contribution in [0.1, 0.15) is 32.1 Å². The molecule has 0 aromatic carbocycles. The summed E-state index contributed by atoms with van der Waals surface area (Å²) >= 11 is 3.51. The molecule has 92 valence electrons. The molecule has 2 rings (SSSR count). The highest BCUT2D eigenvalue weighted by Gasteiger charge is 2.26. The maximum absolute atomic E-state index is 12.0. The molecule has 2 aliphatic rings. The third-order valence-electron chi connectivity index (χ3n) is 3.52. The third-order valence-corrected chi connectivity index (χ3v) is 4.43. The summed E-state index contributed by atoms with van der Waals surface area (Å²) in [5, 5.41) is 1.01. The smallest absolute Gasteiger partial charge is 0.225 e. The minimum atomic E-state index is 0.192. The molecule has 0 radical (unpaired) electrons. The standard InChI is InChI=1S/C12H20BrNO2/c13-8-10-3-1-5-14(9-10)12(15)7-11-4-2-6-16-11/h10-11H,1-9H2. The molecule has 0 spiro atoms. The van der Waals surface area contributed by atoms with Gasteiger partial charge < -0.3 is 9.64 Å². The second kappa shape index (κ2) is 6.01. The first kappa shape index (κ1) is 12.4. The van der Waals surface area contributed by atoms with Crippen molar-refractivity contribution >= 4 is 21.8 Å². The predicted octanol–water partition coefficient (Wildman–Crippen LogP) is 2.19. The summed E-state index contributed by atoms with van der Waals surface area (Å²) in [5.74, 6) is 0.930. The van der Waals surface area contributed by atoms with Gasteiger partial charge in [-0.15, -0.1) is 0 Å². The highest BCUT2D eigenvalue weighted by atomic mass is 79.9. The summed E-state index contributed by atoms with van der Waals surface area (Å²) < 4.78 is 5.51. The van der Waals surface area contributed by atoms with Gasteiger partial charge in [-0.25, -0.2) is 0 Å². The van der Waals surface area contributed by atoms with Crippen LogP contribution in [0.2, 0.25) is 0 Å². The number of piperidine rings is 1. The van der Waals surface area contributed by atoms with Gasteiger partial charge in [0.1, 0.15) is 0 Å². The SMILES string of the molecule is O=C(CC1CCCO1)N1CCCC(CBr)C1. The van der Waals surface area contributed by atoms with Crippen LogP contribution in [-0.4, -0.2) is 41.9 Å². The monoisotopic (exact) mass is 289 g/mol. The summed E-state index contributed by atoms with van der Waals surface area (Å²) in [6.45, 7) is 2.70. The van der Waals surface area contributed by atoms with Crippen LogP contribution in [0.15, 0.2) is 0 Å². The first-order valence-corrected chi connectivity index (χ1v) is 7.37. The Bertz CT molecular complexity index is 241. The summed E-state index contributed by atoms with van der Waals surface area (Å²) in [5.41, 5.74) is 0. The van der Waals surface area contributed by atoms with Crippen LogP contribution >= 0.6 is 15.9 Å². The van der Waals surface area contributed by atoms with Gasteiger partial charge >= 0.3 is 0 Å². The van der Waals surface area contributed by atoms with Crippen molar-refractivity contribution in [3.05, 3.63) is 0 Å². The predicted molar refractivity (Wildman–Crippen MR) is 66.7 cm³/mol. The quantitative estimate of drug-likeness (QED) is 0.746. The Hall–Kier alpha value is -0.0900. The average molecular weight is 290 g/mol. The molecule has 2 aliphatic heterocycles. The van der Waals surface area contributed by atoms with E-state index in [1.54, 1.807) is 0 Å². The van der Waals surface area contributed by atoms with Crippen LogP contribution < -0.4 is 0 Å². The van der Waals surface area contributed by atoms with Crippen molar-refractivity contribution in [3.63, 3.8) is 0 Å². The van der Waals surface area contributed by atoms with Crippen LogP contribution in [0.5, 0.6) is 0 Å². The van der Waals surface area contributed by atoms with E-state index in [9.17, 15) is 4.79 Å². The molecule has 2 atom stereocenters. The second-order valence-corrected chi connectivity index (χ2v) is 5.49. The average Bonchev–Trinajstić information content (AvgIpc) is 2.82. The Morgan fingerprint density at radius 3 is 2.94 bits per heavy atom. The number of nitrogens with zero attached hydrogens (tertiary/aromatic N) is 1. The molecule has 3 nitrogen and oxygen atoms in total. The molecule has 0 aliphatic carbocycles. The van der Waals surface area contributed by atoms with E-state index in [0.717, 1.165) is 44.3 Å². The van der Waals surface area contributed by atoms with E-state index in [2.05, 4.69) is 15.9 Å². The Balaban J connectivity index is 1.79. The van der Waals surface area contributed by atoms with E-state index in [4.69, 9.17) is 4.74 Å². The molecule has 2 heterocycles. The lowest BCUT2D eigenvalue weighted by Gasteiger charge is -2.32. The minimum absolute atomic E-state index is 0.192. The van der Waals surface area contributed by atoms with Crippen LogP contribution in [0.4, 0.5) is 0 Å². The van der Waals surface area contributed by atoms with Gasteiger partial charge in [0.05, 0.1) is 12.5 Å². The van der Waals surface area contributed by atoms with Crippen molar-refractivity contribution in [1.29, 1.82) is 0 Å². The van der Waals surface area contributed by atoms with E-state index >= 15 is 0 Å². The lowest BCUT2D eigenvalue weighted by atomic mass is 9.99. The van der Waals surface area contributed by atoms with E-state index < -0.39 is 0 Å². The Morgan fingerprint density at radius 2 is 2.25 bits per heavy atom. The minimum Gasteiger partial charge on any atom is -0.378 e. The molecule has 0 bridgehead atoms. The maximum atomic E-state index is 12.0. The fourth-order valence-corrected chi connectivity index (χ4v) is 3.08. The van der Waals surface area contributed by atoms with Gasteiger partial charge in [-0.1, -0.05) is 15.9 Å². The normalized spacial score (nSPS) is 30.7. The number of carbonyl (C=O) groups excluding carboxylic acids is 1. The second-order valence-electron chi connectivity index (χ2n) is 4.84. The Kier molecular flexibility index (Phi) is 4.65. The van der Waals surface area contributed by atoms with Crippen molar-refractivity contribution < 1.29 is 9.53 Å². The number of alkyl halides is 1. The van der Waals surface area contributed by atoms with Crippen molar-refractivity contribution in [2.75, 3.05) is 25.0 Å². The molecule has 2 unspecified atom stereocenters. The zero-order chi connectivity index (χ0) is 11.4. The number of hydrogen-bond donors (Lipinski definition) is 0. The van der Waals surface area contributed by atoms with Gasteiger partial charge in [-0.3, -0.25) is 4.79 Å². The van der Waals surface area contributed by atoms with Crippen molar-refractivity contribution in [2.45, 2.75) is 38.2 Å². The van der Waals surface area contributed by atoms with Crippen molar-refractivity contribution in [1.82, 2.24) is 4.90 Å².